The van der Waals surface area contributed by atoms with Gasteiger partial charge in [0.25, 0.3) is 0 Å². The fraction of sp³-hybridized carbons (Fsp3) is 0.242. The summed E-state index contributed by atoms with van der Waals surface area (Å²) in [7, 11) is -4.22. The number of hydrogen-bond acceptors (Lipinski definition) is 8. The monoisotopic (exact) mass is 589 g/mol. The van der Waals surface area contributed by atoms with Gasteiger partial charge in [-0.1, -0.05) is 42.0 Å². The summed E-state index contributed by atoms with van der Waals surface area (Å²) >= 11 is 0. The second-order valence-electron chi connectivity index (χ2n) is 10.3. The Morgan fingerprint density at radius 2 is 1.45 bits per heavy atom. The van der Waals surface area contributed by atoms with Crippen molar-refractivity contribution in [3.05, 3.63) is 113 Å². The molecule has 0 aliphatic rings. The van der Waals surface area contributed by atoms with Crippen LogP contribution in [0.1, 0.15) is 45.6 Å². The van der Waals surface area contributed by atoms with Gasteiger partial charge in [-0.05, 0) is 104 Å². The lowest BCUT2D eigenvalue weighted by molar-refractivity contribution is 0.0746. The largest absolute Gasteiger partial charge is 0.508 e. The maximum absolute atomic E-state index is 12.5. The molecule has 0 fully saturated rings. The van der Waals surface area contributed by atoms with Gasteiger partial charge in [0.05, 0.1) is 11.7 Å². The number of ether oxygens (including phenoxy) is 1. The van der Waals surface area contributed by atoms with Gasteiger partial charge in [0.2, 0.25) is 0 Å². The quantitative estimate of drug-likeness (QED) is 0.152. The predicted molar refractivity (Wildman–Crippen MR) is 161 cm³/mol. The zero-order chi connectivity index (χ0) is 30.4. The van der Waals surface area contributed by atoms with Crippen molar-refractivity contribution in [1.82, 2.24) is 5.32 Å². The van der Waals surface area contributed by atoms with E-state index in [0.717, 1.165) is 33.6 Å². The first kappa shape index (κ1) is 30.8. The Balaban J connectivity index is 1.34. The Morgan fingerprint density at radius 3 is 2.05 bits per heavy atom. The Morgan fingerprint density at radius 1 is 0.857 bits per heavy atom. The third-order valence-electron chi connectivity index (χ3n) is 6.93. The zero-order valence-electron chi connectivity index (χ0n) is 24.0. The summed E-state index contributed by atoms with van der Waals surface area (Å²) < 4.78 is 35.8. The normalized spacial score (nSPS) is 12.9. The molecule has 220 valence electrons. The number of rotatable bonds is 11. The molecule has 0 aliphatic heterocycles. The molecule has 4 rings (SSSR count). The minimum atomic E-state index is -4.22. The Kier molecular flexibility index (Phi) is 9.67. The minimum Gasteiger partial charge on any atom is -0.508 e. The molecule has 3 N–H and O–H groups in total. The number of nitrogens with one attached hydrogen (secondary N) is 1. The Bertz CT molecular complexity index is 1610. The van der Waals surface area contributed by atoms with Gasteiger partial charge in [-0.2, -0.15) is 8.42 Å². The molecule has 4 aromatic carbocycles. The lowest BCUT2D eigenvalue weighted by Gasteiger charge is -2.21. The number of aliphatic hydroxyl groups excluding tert-OH is 1. The highest BCUT2D eigenvalue weighted by Gasteiger charge is 2.21. The van der Waals surface area contributed by atoms with Gasteiger partial charge in [-0.25, -0.2) is 4.79 Å². The summed E-state index contributed by atoms with van der Waals surface area (Å²) in [4.78, 5) is 12.5. The van der Waals surface area contributed by atoms with E-state index < -0.39 is 22.2 Å². The molecule has 4 aromatic rings. The predicted octanol–water partition coefficient (Wildman–Crippen LogP) is 5.62. The van der Waals surface area contributed by atoms with Gasteiger partial charge < -0.3 is 24.4 Å². The average Bonchev–Trinajstić information content (AvgIpc) is 2.96. The van der Waals surface area contributed by atoms with Crippen LogP contribution in [-0.4, -0.2) is 43.8 Å². The van der Waals surface area contributed by atoms with E-state index in [9.17, 15) is 23.4 Å². The second-order valence-corrected chi connectivity index (χ2v) is 11.8. The summed E-state index contributed by atoms with van der Waals surface area (Å²) in [6.07, 6.45) is -0.723. The number of hydrogen-bond donors (Lipinski definition) is 3. The first-order valence-electron chi connectivity index (χ1n) is 13.5. The number of aliphatic hydroxyl groups is 1. The molecule has 42 heavy (non-hydrogen) atoms. The summed E-state index contributed by atoms with van der Waals surface area (Å²) in [5.74, 6) is -0.0221. The molecule has 0 unspecified atom stereocenters. The number of aromatic hydroxyl groups is 1. The third-order valence-corrected chi connectivity index (χ3v) is 8.15. The number of benzene rings is 4. The molecule has 0 amide bonds. The van der Waals surface area contributed by atoms with Crippen LogP contribution in [0.2, 0.25) is 0 Å². The zero-order valence-corrected chi connectivity index (χ0v) is 24.8. The van der Waals surface area contributed by atoms with Crippen molar-refractivity contribution in [2.24, 2.45) is 0 Å². The molecule has 0 bridgehead atoms. The fourth-order valence-electron chi connectivity index (χ4n) is 4.56. The molecular weight excluding hydrogens is 554 g/mol. The van der Waals surface area contributed by atoms with Crippen molar-refractivity contribution in [3.8, 4) is 22.6 Å². The lowest BCUT2D eigenvalue weighted by atomic mass is 9.99. The van der Waals surface area contributed by atoms with Crippen molar-refractivity contribution < 1.29 is 32.3 Å². The fourth-order valence-corrected chi connectivity index (χ4v) is 5.42. The molecule has 0 aliphatic carbocycles. The molecular formula is C33H35NO7S. The van der Waals surface area contributed by atoms with Gasteiger partial charge in [0.1, 0.15) is 23.0 Å². The maximum atomic E-state index is 12.5. The number of phenols is 1. The molecule has 0 saturated heterocycles. The van der Waals surface area contributed by atoms with E-state index >= 15 is 0 Å². The minimum absolute atomic E-state index is 0.0803. The summed E-state index contributed by atoms with van der Waals surface area (Å²) in [5, 5.41) is 23.2. The second kappa shape index (κ2) is 13.2. The molecule has 0 spiro atoms. The lowest BCUT2D eigenvalue weighted by Crippen LogP contribution is -2.35. The summed E-state index contributed by atoms with van der Waals surface area (Å²) in [5.41, 5.74) is 5.39. The van der Waals surface area contributed by atoms with E-state index in [1.54, 1.807) is 48.5 Å². The van der Waals surface area contributed by atoms with Gasteiger partial charge >= 0.3 is 16.1 Å². The van der Waals surface area contributed by atoms with Crippen LogP contribution in [0.15, 0.2) is 89.8 Å². The number of aryl methyl sites for hydroxylation is 3. The van der Waals surface area contributed by atoms with E-state index in [1.807, 2.05) is 39.8 Å². The van der Waals surface area contributed by atoms with E-state index in [1.165, 1.54) is 24.3 Å². The van der Waals surface area contributed by atoms with Gasteiger partial charge in [-0.3, -0.25) is 0 Å². The van der Waals surface area contributed by atoms with Crippen LogP contribution in [0, 0.1) is 20.8 Å². The van der Waals surface area contributed by atoms with Crippen molar-refractivity contribution >= 4 is 16.1 Å². The van der Waals surface area contributed by atoms with Crippen molar-refractivity contribution in [2.45, 2.75) is 44.7 Å². The smallest absolute Gasteiger partial charge is 0.354 e. The molecule has 0 aromatic heterocycles. The first-order valence-corrected chi connectivity index (χ1v) is 15.0. The van der Waals surface area contributed by atoms with Crippen LogP contribution in [0.5, 0.6) is 11.5 Å². The summed E-state index contributed by atoms with van der Waals surface area (Å²) in [6.45, 7) is 8.56. The molecule has 0 radical (unpaired) electrons. The van der Waals surface area contributed by atoms with Crippen molar-refractivity contribution in [2.75, 3.05) is 13.2 Å². The van der Waals surface area contributed by atoms with Crippen LogP contribution >= 0.6 is 0 Å². The van der Waals surface area contributed by atoms with Gasteiger partial charge in [-0.15, -0.1) is 0 Å². The SMILES string of the molecule is Cc1ccc(S(=O)(=O)OC(=O)c2ccc(-c3cc(C)c(OCCN[C@@H](C)[C@@H](O)c4ccc(O)cc4)c(C)c3)cc2)cc1. The molecule has 0 heterocycles. The number of carbonyl (C=O) groups excluding carboxylic acids is 1. The average molecular weight is 590 g/mol. The Labute approximate surface area is 246 Å². The maximum Gasteiger partial charge on any atom is 0.354 e. The van der Waals surface area contributed by atoms with E-state index in [4.69, 9.17) is 8.92 Å². The highest BCUT2D eigenvalue weighted by molar-refractivity contribution is 7.87. The summed E-state index contributed by atoms with van der Waals surface area (Å²) in [6, 6.07) is 22.9. The highest BCUT2D eigenvalue weighted by Crippen LogP contribution is 2.31. The highest BCUT2D eigenvalue weighted by atomic mass is 32.2. The van der Waals surface area contributed by atoms with Crippen LogP contribution in [0.3, 0.4) is 0 Å². The molecule has 9 heteroatoms. The Hall–Kier alpha value is -4.18. The van der Waals surface area contributed by atoms with Crippen molar-refractivity contribution in [1.29, 1.82) is 0 Å². The van der Waals surface area contributed by atoms with E-state index in [2.05, 4.69) is 5.32 Å². The van der Waals surface area contributed by atoms with Gasteiger partial charge in [0.15, 0.2) is 0 Å². The number of carbonyl (C=O) groups is 1. The molecule has 2 atom stereocenters. The van der Waals surface area contributed by atoms with Crippen molar-refractivity contribution in [3.63, 3.8) is 0 Å². The first-order chi connectivity index (χ1) is 19.9. The van der Waals surface area contributed by atoms with E-state index in [0.29, 0.717) is 18.7 Å². The van der Waals surface area contributed by atoms with Crippen LogP contribution < -0.4 is 10.1 Å². The standard InChI is InChI=1S/C33H35NO7S/c1-21-5-15-30(16-6-21)42(38,39)41-33(37)27-9-7-25(8-10-27)28-19-22(2)32(23(3)20-28)40-18-17-34-24(4)31(36)26-11-13-29(35)14-12-26/h5-16,19-20,24,31,34-36H,17-18H2,1-4H3/t24-,31+/m0/s1. The molecule has 8 nitrogen and oxygen atoms in total. The van der Waals surface area contributed by atoms with Crippen LogP contribution in [-0.2, 0) is 14.3 Å². The van der Waals surface area contributed by atoms with Crippen LogP contribution in [0.4, 0.5) is 0 Å². The third kappa shape index (κ3) is 7.55. The number of phenolic OH excluding ortho intramolecular Hbond substituents is 1. The molecule has 0 saturated carbocycles. The van der Waals surface area contributed by atoms with Crippen LogP contribution in [0.25, 0.3) is 11.1 Å². The topological polar surface area (TPSA) is 122 Å². The van der Waals surface area contributed by atoms with E-state index in [-0.39, 0.29) is 22.3 Å². The van der Waals surface area contributed by atoms with Gasteiger partial charge in [0, 0.05) is 12.6 Å².